The smallest absolute Gasteiger partial charge is 0.345 e. The van der Waals surface area contributed by atoms with E-state index in [0.29, 0.717) is 5.56 Å². The van der Waals surface area contributed by atoms with Gasteiger partial charge in [0.1, 0.15) is 11.3 Å². The molecule has 2 aromatic carbocycles. The van der Waals surface area contributed by atoms with Crippen molar-refractivity contribution in [2.24, 2.45) is 0 Å². The number of esters is 3. The van der Waals surface area contributed by atoms with Crippen LogP contribution in [-0.4, -0.2) is 36.0 Å². The molecule has 2 aromatic rings. The zero-order valence-electron chi connectivity index (χ0n) is 16.3. The van der Waals surface area contributed by atoms with Crippen LogP contribution in [0.4, 0.5) is 5.69 Å². The van der Waals surface area contributed by atoms with Crippen molar-refractivity contribution < 1.29 is 33.5 Å². The second kappa shape index (κ2) is 10.5. The number of non-ortho nitro benzene ring substituents is 1. The van der Waals surface area contributed by atoms with Crippen molar-refractivity contribution in [3.8, 4) is 5.75 Å². The third-order valence-corrected chi connectivity index (χ3v) is 3.71. The van der Waals surface area contributed by atoms with Crippen molar-refractivity contribution in [3.63, 3.8) is 0 Å². The summed E-state index contributed by atoms with van der Waals surface area (Å²) in [4.78, 5) is 46.2. The highest BCUT2D eigenvalue weighted by Crippen LogP contribution is 2.18. The van der Waals surface area contributed by atoms with Gasteiger partial charge in [-0.05, 0) is 49.8 Å². The standard InChI is InChI=1S/C21H19NO8/c1-3-28-20(24)18(21(25)29-4-2)13-14-5-11-17(12-6-14)30-19(23)15-7-9-16(10-8-15)22(26)27/h5-13H,3-4H2,1-2H3. The Labute approximate surface area is 172 Å². The van der Waals surface area contributed by atoms with Gasteiger partial charge in [-0.3, -0.25) is 10.1 Å². The lowest BCUT2D eigenvalue weighted by Gasteiger charge is -2.07. The van der Waals surface area contributed by atoms with E-state index in [1.54, 1.807) is 13.8 Å². The molecule has 9 heteroatoms. The molecule has 0 atom stereocenters. The second-order valence-electron chi connectivity index (χ2n) is 5.76. The predicted molar refractivity (Wildman–Crippen MR) is 106 cm³/mol. The van der Waals surface area contributed by atoms with Gasteiger partial charge in [0.05, 0.1) is 23.7 Å². The van der Waals surface area contributed by atoms with Gasteiger partial charge in [-0.1, -0.05) is 12.1 Å². The van der Waals surface area contributed by atoms with Gasteiger partial charge in [0, 0.05) is 12.1 Å². The quantitative estimate of drug-likeness (QED) is 0.123. The summed E-state index contributed by atoms with van der Waals surface area (Å²) in [6.45, 7) is 3.45. The molecule has 0 heterocycles. The fourth-order valence-electron chi connectivity index (χ4n) is 2.30. The molecule has 0 saturated heterocycles. The molecule has 0 aliphatic rings. The van der Waals surface area contributed by atoms with E-state index in [2.05, 4.69) is 0 Å². The van der Waals surface area contributed by atoms with Gasteiger partial charge in [0.15, 0.2) is 0 Å². The molecule has 0 saturated carbocycles. The van der Waals surface area contributed by atoms with Crippen LogP contribution < -0.4 is 4.74 Å². The van der Waals surface area contributed by atoms with Gasteiger partial charge >= 0.3 is 17.9 Å². The molecular weight excluding hydrogens is 394 g/mol. The third-order valence-electron chi connectivity index (χ3n) is 3.71. The van der Waals surface area contributed by atoms with Crippen molar-refractivity contribution in [2.45, 2.75) is 13.8 Å². The zero-order valence-corrected chi connectivity index (χ0v) is 16.3. The summed E-state index contributed by atoms with van der Waals surface area (Å²) < 4.78 is 15.0. The number of ether oxygens (including phenoxy) is 3. The van der Waals surface area contributed by atoms with Gasteiger partial charge in [-0.25, -0.2) is 14.4 Å². The first-order chi connectivity index (χ1) is 14.3. The summed E-state index contributed by atoms with van der Waals surface area (Å²) in [5.74, 6) is -2.08. The molecule has 0 spiro atoms. The largest absolute Gasteiger partial charge is 0.462 e. The number of rotatable bonds is 8. The third kappa shape index (κ3) is 5.99. The highest BCUT2D eigenvalue weighted by Gasteiger charge is 2.21. The molecule has 9 nitrogen and oxygen atoms in total. The van der Waals surface area contributed by atoms with Crippen molar-refractivity contribution >= 4 is 29.7 Å². The molecule has 0 aliphatic heterocycles. The van der Waals surface area contributed by atoms with E-state index >= 15 is 0 Å². The van der Waals surface area contributed by atoms with E-state index in [4.69, 9.17) is 14.2 Å². The minimum absolute atomic E-state index is 0.104. The SMILES string of the molecule is CCOC(=O)C(=Cc1ccc(OC(=O)c2ccc([N+](=O)[O-])cc2)cc1)C(=O)OCC. The Morgan fingerprint density at radius 2 is 1.43 bits per heavy atom. The summed E-state index contributed by atoms with van der Waals surface area (Å²) in [5.41, 5.74) is 0.244. The maximum absolute atomic E-state index is 12.2. The first-order valence-electron chi connectivity index (χ1n) is 8.98. The minimum atomic E-state index is -0.801. The fourth-order valence-corrected chi connectivity index (χ4v) is 2.30. The Kier molecular flexibility index (Phi) is 7.81. The molecule has 0 radical (unpaired) electrons. The van der Waals surface area contributed by atoms with Crippen LogP contribution in [0, 0.1) is 10.1 Å². The monoisotopic (exact) mass is 413 g/mol. The Morgan fingerprint density at radius 3 is 1.90 bits per heavy atom. The molecule has 0 aliphatic carbocycles. The number of benzene rings is 2. The van der Waals surface area contributed by atoms with Gasteiger partial charge < -0.3 is 14.2 Å². The fraction of sp³-hybridized carbons (Fsp3) is 0.190. The van der Waals surface area contributed by atoms with Gasteiger partial charge in [0.2, 0.25) is 0 Å². The number of hydrogen-bond acceptors (Lipinski definition) is 8. The summed E-state index contributed by atoms with van der Waals surface area (Å²) >= 11 is 0. The van der Waals surface area contributed by atoms with Crippen molar-refractivity contribution in [1.82, 2.24) is 0 Å². The van der Waals surface area contributed by atoms with Crippen molar-refractivity contribution in [2.75, 3.05) is 13.2 Å². The maximum Gasteiger partial charge on any atom is 0.345 e. The minimum Gasteiger partial charge on any atom is -0.462 e. The molecule has 2 rings (SSSR count). The Hall–Kier alpha value is -4.01. The average molecular weight is 413 g/mol. The number of hydrogen-bond donors (Lipinski definition) is 0. The Bertz CT molecular complexity index is 942. The molecule has 156 valence electrons. The maximum atomic E-state index is 12.2. The number of carbonyl (C=O) groups excluding carboxylic acids is 3. The highest BCUT2D eigenvalue weighted by molar-refractivity contribution is 6.17. The van der Waals surface area contributed by atoms with Gasteiger partial charge in [0.25, 0.3) is 5.69 Å². The van der Waals surface area contributed by atoms with Crippen LogP contribution in [0.1, 0.15) is 29.8 Å². The van der Waals surface area contributed by atoms with Crippen LogP contribution in [0.5, 0.6) is 5.75 Å². The lowest BCUT2D eigenvalue weighted by Crippen LogP contribution is -2.18. The molecule has 0 fully saturated rings. The van der Waals surface area contributed by atoms with E-state index in [-0.39, 0.29) is 35.8 Å². The number of nitro benzene ring substituents is 1. The first-order valence-corrected chi connectivity index (χ1v) is 8.98. The van der Waals surface area contributed by atoms with E-state index in [9.17, 15) is 24.5 Å². The van der Waals surface area contributed by atoms with Crippen molar-refractivity contribution in [1.29, 1.82) is 0 Å². The normalized spacial score (nSPS) is 9.93. The first kappa shape index (κ1) is 22.3. The molecule has 0 amide bonds. The molecule has 0 unspecified atom stereocenters. The van der Waals surface area contributed by atoms with E-state index in [1.165, 1.54) is 54.6 Å². The van der Waals surface area contributed by atoms with Crippen molar-refractivity contribution in [3.05, 3.63) is 75.3 Å². The van der Waals surface area contributed by atoms with Crippen LogP contribution in [-0.2, 0) is 19.1 Å². The highest BCUT2D eigenvalue weighted by atomic mass is 16.6. The molecule has 30 heavy (non-hydrogen) atoms. The topological polar surface area (TPSA) is 122 Å². The van der Waals surface area contributed by atoms with Crippen LogP contribution in [0.2, 0.25) is 0 Å². The summed E-state index contributed by atoms with van der Waals surface area (Å²) in [6.07, 6.45) is 1.32. The summed E-state index contributed by atoms with van der Waals surface area (Å²) in [6, 6.07) is 11.0. The molecule has 0 bridgehead atoms. The zero-order chi connectivity index (χ0) is 22.1. The molecule has 0 aromatic heterocycles. The number of nitrogens with zero attached hydrogens (tertiary/aromatic N) is 1. The van der Waals surface area contributed by atoms with E-state index < -0.39 is 22.8 Å². The lowest BCUT2D eigenvalue weighted by atomic mass is 10.1. The Morgan fingerprint density at radius 1 is 0.900 bits per heavy atom. The van der Waals surface area contributed by atoms with E-state index in [1.807, 2.05) is 0 Å². The summed E-state index contributed by atoms with van der Waals surface area (Å²) in [7, 11) is 0. The van der Waals surface area contributed by atoms with Gasteiger partial charge in [-0.15, -0.1) is 0 Å². The van der Waals surface area contributed by atoms with Gasteiger partial charge in [-0.2, -0.15) is 0 Å². The molecular formula is C21H19NO8. The average Bonchev–Trinajstić information content (AvgIpc) is 2.73. The van der Waals surface area contributed by atoms with Crippen LogP contribution in [0.25, 0.3) is 6.08 Å². The summed E-state index contributed by atoms with van der Waals surface area (Å²) in [5, 5.41) is 10.7. The van der Waals surface area contributed by atoms with Crippen LogP contribution in [0.3, 0.4) is 0 Å². The van der Waals surface area contributed by atoms with Crippen LogP contribution in [0.15, 0.2) is 54.1 Å². The molecule has 0 N–H and O–H groups in total. The predicted octanol–water partition coefficient (Wildman–Crippen LogP) is 3.32. The number of carbonyl (C=O) groups is 3. The van der Waals surface area contributed by atoms with Crippen LogP contribution >= 0.6 is 0 Å². The second-order valence-corrected chi connectivity index (χ2v) is 5.76. The lowest BCUT2D eigenvalue weighted by molar-refractivity contribution is -0.384. The number of nitro groups is 1. The Balaban J connectivity index is 2.14. The van der Waals surface area contributed by atoms with E-state index in [0.717, 1.165) is 0 Å².